The largest absolute Gasteiger partial charge is 0.370 e. The van der Waals surface area contributed by atoms with Gasteiger partial charge in [0.25, 0.3) is 5.91 Å². The fourth-order valence-corrected chi connectivity index (χ4v) is 5.35. The molecule has 1 amide bonds. The Hall–Kier alpha value is -1.05. The van der Waals surface area contributed by atoms with Gasteiger partial charge in [0.1, 0.15) is 5.69 Å². The molecule has 4 atom stereocenters. The van der Waals surface area contributed by atoms with E-state index >= 15 is 0 Å². The van der Waals surface area contributed by atoms with Crippen LogP contribution in [-0.2, 0) is 11.3 Å². The fraction of sp³-hybridized carbons (Fsp3) is 0.778. The number of thioether (sulfide) groups is 1. The SMILES string of the molecule is CCn1ccc(C(=O)NC[C@H]2[C@H]3CN(CCSC)C[C@]34CC[C@H]2O4)n1. The summed E-state index contributed by atoms with van der Waals surface area (Å²) < 4.78 is 8.23. The van der Waals surface area contributed by atoms with Crippen LogP contribution in [-0.4, -0.2) is 70.5 Å². The van der Waals surface area contributed by atoms with E-state index in [0.29, 0.717) is 30.2 Å². The van der Waals surface area contributed by atoms with Crippen molar-refractivity contribution in [2.45, 2.75) is 38.0 Å². The van der Waals surface area contributed by atoms with Crippen molar-refractivity contribution in [3.63, 3.8) is 0 Å². The number of aryl methyl sites for hydroxylation is 1. The standard InChI is InChI=1S/C18H28N4O2S/c1-3-22-7-5-15(20-22)17(23)19-10-13-14-11-21(8-9-25-2)12-18(14)6-4-16(13)24-18/h5,7,13-14,16H,3-4,6,8-12H2,1-2H3,(H,19,23)/t13-,14+,16+,18+/m0/s1. The molecule has 0 saturated carbocycles. The molecule has 4 heterocycles. The van der Waals surface area contributed by atoms with Gasteiger partial charge in [-0.15, -0.1) is 0 Å². The van der Waals surface area contributed by atoms with E-state index in [9.17, 15) is 4.79 Å². The monoisotopic (exact) mass is 364 g/mol. The van der Waals surface area contributed by atoms with Gasteiger partial charge in [-0.25, -0.2) is 0 Å². The van der Waals surface area contributed by atoms with E-state index in [2.05, 4.69) is 21.6 Å². The van der Waals surface area contributed by atoms with Crippen molar-refractivity contribution in [3.8, 4) is 0 Å². The molecule has 0 aliphatic carbocycles. The zero-order valence-corrected chi connectivity index (χ0v) is 15.9. The Morgan fingerprint density at radius 1 is 1.56 bits per heavy atom. The number of aromatic nitrogens is 2. The quantitative estimate of drug-likeness (QED) is 0.794. The number of fused-ring (bicyclic) bond motifs is 1. The van der Waals surface area contributed by atoms with E-state index in [1.807, 2.05) is 24.9 Å². The molecule has 25 heavy (non-hydrogen) atoms. The number of carbonyl (C=O) groups excluding carboxylic acids is 1. The normalized spacial score (nSPS) is 33.8. The van der Waals surface area contributed by atoms with E-state index in [-0.39, 0.29) is 11.5 Å². The molecule has 0 unspecified atom stereocenters. The van der Waals surface area contributed by atoms with Crippen molar-refractivity contribution >= 4 is 17.7 Å². The third-order valence-corrected chi connectivity index (χ3v) is 6.75. The summed E-state index contributed by atoms with van der Waals surface area (Å²) in [5.74, 6) is 2.10. The number of carbonyl (C=O) groups is 1. The van der Waals surface area contributed by atoms with Crippen molar-refractivity contribution < 1.29 is 9.53 Å². The van der Waals surface area contributed by atoms with Crippen LogP contribution in [0.5, 0.6) is 0 Å². The summed E-state index contributed by atoms with van der Waals surface area (Å²) in [6.45, 7) is 6.82. The predicted octanol–water partition coefficient (Wildman–Crippen LogP) is 1.48. The first-order valence-electron chi connectivity index (χ1n) is 9.36. The lowest BCUT2D eigenvalue weighted by molar-refractivity contribution is 0.00326. The molecule has 138 valence electrons. The number of rotatable bonds is 7. The second-order valence-corrected chi connectivity index (χ2v) is 8.51. The van der Waals surface area contributed by atoms with Gasteiger partial charge in [0, 0.05) is 56.5 Å². The Morgan fingerprint density at radius 2 is 2.44 bits per heavy atom. The highest BCUT2D eigenvalue weighted by molar-refractivity contribution is 7.98. The number of nitrogens with zero attached hydrogens (tertiary/aromatic N) is 3. The van der Waals surface area contributed by atoms with Crippen molar-refractivity contribution in [3.05, 3.63) is 18.0 Å². The van der Waals surface area contributed by atoms with Crippen LogP contribution < -0.4 is 5.32 Å². The molecule has 0 radical (unpaired) electrons. The number of ether oxygens (including phenoxy) is 1. The number of likely N-dealkylation sites (tertiary alicyclic amines) is 1. The highest BCUT2D eigenvalue weighted by Crippen LogP contribution is 2.54. The van der Waals surface area contributed by atoms with Crippen LogP contribution in [0.3, 0.4) is 0 Å². The maximum Gasteiger partial charge on any atom is 0.271 e. The summed E-state index contributed by atoms with van der Waals surface area (Å²) in [5, 5.41) is 7.41. The molecule has 1 aromatic rings. The van der Waals surface area contributed by atoms with E-state index in [4.69, 9.17) is 4.74 Å². The average Bonchev–Trinajstić information content (AvgIpc) is 3.36. The number of hydrogen-bond donors (Lipinski definition) is 1. The van der Waals surface area contributed by atoms with Gasteiger partial charge in [-0.1, -0.05) is 0 Å². The lowest BCUT2D eigenvalue weighted by atomic mass is 9.73. The molecule has 3 aliphatic heterocycles. The van der Waals surface area contributed by atoms with Crippen LogP contribution in [0.25, 0.3) is 0 Å². The molecule has 2 bridgehead atoms. The van der Waals surface area contributed by atoms with Crippen molar-refractivity contribution in [1.29, 1.82) is 0 Å². The first-order valence-corrected chi connectivity index (χ1v) is 10.8. The van der Waals surface area contributed by atoms with Gasteiger partial charge < -0.3 is 10.1 Å². The van der Waals surface area contributed by atoms with Crippen molar-refractivity contribution in [2.75, 3.05) is 38.2 Å². The maximum atomic E-state index is 12.4. The van der Waals surface area contributed by atoms with Crippen LogP contribution in [0.2, 0.25) is 0 Å². The Bertz CT molecular complexity index is 636. The smallest absolute Gasteiger partial charge is 0.271 e. The molecular formula is C18H28N4O2S. The molecule has 3 fully saturated rings. The average molecular weight is 365 g/mol. The number of nitrogens with one attached hydrogen (secondary N) is 1. The van der Waals surface area contributed by atoms with Crippen LogP contribution in [0, 0.1) is 11.8 Å². The minimum absolute atomic E-state index is 0.0578. The second-order valence-electron chi connectivity index (χ2n) is 7.52. The second kappa shape index (κ2) is 6.93. The molecular weight excluding hydrogens is 336 g/mol. The van der Waals surface area contributed by atoms with Gasteiger partial charge in [-0.2, -0.15) is 16.9 Å². The van der Waals surface area contributed by atoms with E-state index in [1.54, 1.807) is 10.7 Å². The lowest BCUT2D eigenvalue weighted by Crippen LogP contribution is -2.42. The van der Waals surface area contributed by atoms with Gasteiger partial charge in [0.15, 0.2) is 0 Å². The third kappa shape index (κ3) is 3.11. The molecule has 6 nitrogen and oxygen atoms in total. The summed E-state index contributed by atoms with van der Waals surface area (Å²) in [7, 11) is 0. The van der Waals surface area contributed by atoms with Crippen LogP contribution >= 0.6 is 11.8 Å². The number of hydrogen-bond acceptors (Lipinski definition) is 5. The van der Waals surface area contributed by atoms with Gasteiger partial charge in [-0.05, 0) is 32.1 Å². The van der Waals surface area contributed by atoms with Crippen LogP contribution in [0.1, 0.15) is 30.3 Å². The molecule has 3 saturated heterocycles. The molecule has 4 rings (SSSR count). The molecule has 7 heteroatoms. The summed E-state index contributed by atoms with van der Waals surface area (Å²) >= 11 is 1.90. The highest BCUT2D eigenvalue weighted by Gasteiger charge is 2.62. The first-order chi connectivity index (χ1) is 12.1. The highest BCUT2D eigenvalue weighted by atomic mass is 32.2. The Labute approximate surface area is 153 Å². The Morgan fingerprint density at radius 3 is 3.20 bits per heavy atom. The van der Waals surface area contributed by atoms with Crippen molar-refractivity contribution in [1.82, 2.24) is 20.0 Å². The minimum Gasteiger partial charge on any atom is -0.370 e. The Balaban J connectivity index is 1.37. The summed E-state index contributed by atoms with van der Waals surface area (Å²) in [5.41, 5.74) is 0.566. The van der Waals surface area contributed by atoms with Gasteiger partial charge in [0.2, 0.25) is 0 Å². The van der Waals surface area contributed by atoms with Gasteiger partial charge in [-0.3, -0.25) is 14.4 Å². The van der Waals surface area contributed by atoms with E-state index in [0.717, 1.165) is 32.6 Å². The first kappa shape index (κ1) is 17.4. The van der Waals surface area contributed by atoms with Gasteiger partial charge in [0.05, 0.1) is 11.7 Å². The predicted molar refractivity (Wildman–Crippen MR) is 98.9 cm³/mol. The van der Waals surface area contributed by atoms with Crippen LogP contribution in [0.4, 0.5) is 0 Å². The van der Waals surface area contributed by atoms with Crippen molar-refractivity contribution in [2.24, 2.45) is 11.8 Å². The summed E-state index contributed by atoms with van der Waals surface area (Å²) in [6.07, 6.45) is 6.66. The number of amides is 1. The third-order valence-electron chi connectivity index (χ3n) is 6.16. The molecule has 1 N–H and O–H groups in total. The molecule has 1 aromatic heterocycles. The topological polar surface area (TPSA) is 59.4 Å². The van der Waals surface area contributed by atoms with E-state index in [1.165, 1.54) is 12.2 Å². The molecule has 3 aliphatic rings. The maximum absolute atomic E-state index is 12.4. The Kier molecular flexibility index (Phi) is 4.81. The zero-order valence-electron chi connectivity index (χ0n) is 15.1. The van der Waals surface area contributed by atoms with E-state index < -0.39 is 0 Å². The summed E-state index contributed by atoms with van der Waals surface area (Å²) in [4.78, 5) is 14.9. The molecule has 0 aromatic carbocycles. The minimum atomic E-state index is -0.0683. The van der Waals surface area contributed by atoms with Crippen LogP contribution in [0.15, 0.2) is 12.3 Å². The zero-order chi connectivity index (χ0) is 17.4. The molecule has 1 spiro atoms. The summed E-state index contributed by atoms with van der Waals surface area (Å²) in [6, 6.07) is 1.79. The fourth-order valence-electron chi connectivity index (χ4n) is 4.91. The van der Waals surface area contributed by atoms with Gasteiger partial charge >= 0.3 is 0 Å². The lowest BCUT2D eigenvalue weighted by Gasteiger charge is -2.29.